The van der Waals surface area contributed by atoms with Crippen LogP contribution in [0.15, 0.2) is 35.1 Å². The van der Waals surface area contributed by atoms with Crippen molar-refractivity contribution >= 4 is 41.3 Å². The number of hydrogen-bond acceptors (Lipinski definition) is 8. The summed E-state index contributed by atoms with van der Waals surface area (Å²) in [6.45, 7) is 1.89. The molecule has 2 aliphatic rings. The molecule has 0 aliphatic carbocycles. The van der Waals surface area contributed by atoms with Crippen LogP contribution in [0.5, 0.6) is 5.75 Å². The van der Waals surface area contributed by atoms with Gasteiger partial charge in [-0.15, -0.1) is 0 Å². The molecule has 0 saturated carbocycles. The highest BCUT2D eigenvalue weighted by Crippen LogP contribution is 2.46. The van der Waals surface area contributed by atoms with Crippen molar-refractivity contribution in [3.05, 3.63) is 40.6 Å². The molecule has 1 aromatic rings. The molecule has 8 nitrogen and oxygen atoms in total. The van der Waals surface area contributed by atoms with E-state index in [0.29, 0.717) is 24.3 Å². The fourth-order valence-electron chi connectivity index (χ4n) is 2.64. The number of carbonyl (C=O) groups excluding carboxylic acids is 3. The van der Waals surface area contributed by atoms with Crippen LogP contribution in [-0.4, -0.2) is 58.0 Å². The number of fused-ring (bicyclic) bond motifs is 1. The van der Waals surface area contributed by atoms with Crippen LogP contribution in [0.3, 0.4) is 0 Å². The lowest BCUT2D eigenvalue weighted by atomic mass is 10.2. The van der Waals surface area contributed by atoms with Crippen LogP contribution in [0.1, 0.15) is 23.7 Å². The maximum atomic E-state index is 12.3. The second-order valence-electron chi connectivity index (χ2n) is 6.06. The van der Waals surface area contributed by atoms with Crippen molar-refractivity contribution in [2.75, 3.05) is 18.6 Å². The number of thioether (sulfide) groups is 2. The Morgan fingerprint density at radius 2 is 2.11 bits per heavy atom. The molecule has 2 N–H and O–H groups in total. The van der Waals surface area contributed by atoms with E-state index in [9.17, 15) is 19.5 Å². The van der Waals surface area contributed by atoms with Gasteiger partial charge in [-0.1, -0.05) is 11.8 Å². The summed E-state index contributed by atoms with van der Waals surface area (Å²) in [5.74, 6) is 0.0512. The average molecular weight is 425 g/mol. The minimum Gasteiger partial charge on any atom is -0.448 e. The monoisotopic (exact) mass is 424 g/mol. The standard InChI is InChI=1S/C18H20N2O6S2/c1-10(21)25-17(24)15-18(28-14-9-13(22)20(14)15)26-12-5-3-11(4-6-12)16(23)19-7-8-27-2/h3-6,10,14,21H,7-9H2,1-2H3,(H,19,23)/t10-,14-/m1/s1. The zero-order chi connectivity index (χ0) is 20.3. The van der Waals surface area contributed by atoms with E-state index < -0.39 is 12.3 Å². The normalized spacial score (nSPS) is 19.0. The number of carbonyl (C=O) groups is 3. The molecule has 2 amide bonds. The summed E-state index contributed by atoms with van der Waals surface area (Å²) >= 11 is 2.89. The van der Waals surface area contributed by atoms with E-state index in [1.54, 1.807) is 36.0 Å². The van der Waals surface area contributed by atoms with Crippen molar-refractivity contribution < 1.29 is 29.0 Å². The zero-order valence-electron chi connectivity index (χ0n) is 15.3. The van der Waals surface area contributed by atoms with Crippen molar-refractivity contribution in [2.45, 2.75) is 25.0 Å². The van der Waals surface area contributed by atoms with Gasteiger partial charge in [-0.25, -0.2) is 4.79 Å². The highest BCUT2D eigenvalue weighted by atomic mass is 32.2. The van der Waals surface area contributed by atoms with Crippen molar-refractivity contribution in [1.29, 1.82) is 0 Å². The fourth-order valence-corrected chi connectivity index (χ4v) is 4.19. The van der Waals surface area contributed by atoms with Gasteiger partial charge in [0.05, 0.1) is 11.8 Å². The molecule has 1 saturated heterocycles. The molecule has 0 bridgehead atoms. The Balaban J connectivity index is 1.72. The van der Waals surface area contributed by atoms with Crippen LogP contribution in [0.4, 0.5) is 0 Å². The molecular formula is C18H20N2O6S2. The zero-order valence-corrected chi connectivity index (χ0v) is 17.0. The first kappa shape index (κ1) is 20.6. The Labute approximate surface area is 170 Å². The number of ether oxygens (including phenoxy) is 2. The highest BCUT2D eigenvalue weighted by Gasteiger charge is 2.50. The topological polar surface area (TPSA) is 105 Å². The Kier molecular flexibility index (Phi) is 6.53. The lowest BCUT2D eigenvalue weighted by Gasteiger charge is -2.33. The number of nitrogens with one attached hydrogen (secondary N) is 1. The molecule has 0 radical (unpaired) electrons. The maximum Gasteiger partial charge on any atom is 0.361 e. The summed E-state index contributed by atoms with van der Waals surface area (Å²) in [4.78, 5) is 37.5. The van der Waals surface area contributed by atoms with Crippen LogP contribution in [0.2, 0.25) is 0 Å². The van der Waals surface area contributed by atoms with Crippen molar-refractivity contribution in [3.8, 4) is 5.75 Å². The SMILES string of the molecule is CSCCNC(=O)c1ccc(OC2=C(C(=O)O[C@H](C)O)N3C(=O)C[C@H]3S2)cc1. The smallest absolute Gasteiger partial charge is 0.361 e. The van der Waals surface area contributed by atoms with Gasteiger partial charge in [-0.2, -0.15) is 11.8 Å². The van der Waals surface area contributed by atoms with E-state index in [0.717, 1.165) is 5.75 Å². The molecule has 3 rings (SSSR count). The summed E-state index contributed by atoms with van der Waals surface area (Å²) in [5.41, 5.74) is 0.486. The number of nitrogens with zero attached hydrogens (tertiary/aromatic N) is 1. The lowest BCUT2D eigenvalue weighted by Crippen LogP contribution is -2.48. The second-order valence-corrected chi connectivity index (χ2v) is 8.19. The van der Waals surface area contributed by atoms with Gasteiger partial charge in [-0.05, 0) is 37.4 Å². The Morgan fingerprint density at radius 1 is 1.39 bits per heavy atom. The fraction of sp³-hybridized carbons (Fsp3) is 0.389. The van der Waals surface area contributed by atoms with Crippen molar-refractivity contribution in [3.63, 3.8) is 0 Å². The van der Waals surface area contributed by atoms with E-state index >= 15 is 0 Å². The third-order valence-corrected chi connectivity index (χ3v) is 5.73. The van der Waals surface area contributed by atoms with Crippen LogP contribution < -0.4 is 10.1 Å². The van der Waals surface area contributed by atoms with Gasteiger partial charge in [0.2, 0.25) is 5.91 Å². The summed E-state index contributed by atoms with van der Waals surface area (Å²) in [6, 6.07) is 6.48. The van der Waals surface area contributed by atoms with Gasteiger partial charge in [0.15, 0.2) is 17.1 Å². The summed E-state index contributed by atoms with van der Waals surface area (Å²) in [6.07, 6.45) is 0.971. The number of aliphatic hydroxyl groups is 1. The predicted octanol–water partition coefficient (Wildman–Crippen LogP) is 1.51. The molecule has 28 heavy (non-hydrogen) atoms. The molecule has 1 aromatic carbocycles. The van der Waals surface area contributed by atoms with E-state index in [1.165, 1.54) is 23.6 Å². The maximum absolute atomic E-state index is 12.3. The molecule has 1 fully saturated rings. The first-order valence-corrected chi connectivity index (χ1v) is 10.8. The van der Waals surface area contributed by atoms with Gasteiger partial charge in [-0.3, -0.25) is 14.5 Å². The number of aliphatic hydroxyl groups excluding tert-OH is 1. The molecule has 0 spiro atoms. The summed E-state index contributed by atoms with van der Waals surface area (Å²) < 4.78 is 10.6. The number of amides is 2. The molecule has 10 heteroatoms. The minimum atomic E-state index is -1.30. The van der Waals surface area contributed by atoms with Gasteiger partial charge in [0.25, 0.3) is 5.91 Å². The molecule has 2 aliphatic heterocycles. The quantitative estimate of drug-likeness (QED) is 0.280. The lowest BCUT2D eigenvalue weighted by molar-refractivity contribution is -0.165. The van der Waals surface area contributed by atoms with Crippen molar-refractivity contribution in [1.82, 2.24) is 10.2 Å². The number of benzene rings is 1. The van der Waals surface area contributed by atoms with E-state index in [2.05, 4.69) is 5.32 Å². The molecular weight excluding hydrogens is 404 g/mol. The Hall–Kier alpha value is -2.17. The molecule has 2 heterocycles. The van der Waals surface area contributed by atoms with Crippen LogP contribution >= 0.6 is 23.5 Å². The molecule has 150 valence electrons. The predicted molar refractivity (Wildman–Crippen MR) is 105 cm³/mol. The van der Waals surface area contributed by atoms with Gasteiger partial charge in [0, 0.05) is 17.9 Å². The second kappa shape index (κ2) is 8.89. The number of hydrogen-bond donors (Lipinski definition) is 2. The molecule has 0 unspecified atom stereocenters. The number of β-lactam (4-membered cyclic amide) rings is 1. The van der Waals surface area contributed by atoms with E-state index in [4.69, 9.17) is 9.47 Å². The largest absolute Gasteiger partial charge is 0.448 e. The highest BCUT2D eigenvalue weighted by molar-refractivity contribution is 8.03. The summed E-state index contributed by atoms with van der Waals surface area (Å²) in [5, 5.41) is 12.1. The Morgan fingerprint density at radius 3 is 2.71 bits per heavy atom. The summed E-state index contributed by atoms with van der Waals surface area (Å²) in [7, 11) is 0. The minimum absolute atomic E-state index is 0.00830. The third-order valence-electron chi connectivity index (χ3n) is 3.97. The van der Waals surface area contributed by atoms with Gasteiger partial charge < -0.3 is 19.9 Å². The van der Waals surface area contributed by atoms with Gasteiger partial charge in [0.1, 0.15) is 5.75 Å². The van der Waals surface area contributed by atoms with E-state index in [-0.39, 0.29) is 28.0 Å². The van der Waals surface area contributed by atoms with Crippen LogP contribution in [-0.2, 0) is 14.3 Å². The first-order chi connectivity index (χ1) is 13.4. The van der Waals surface area contributed by atoms with E-state index in [1.807, 2.05) is 6.26 Å². The molecule has 0 aromatic heterocycles. The first-order valence-electron chi connectivity index (χ1n) is 8.57. The van der Waals surface area contributed by atoms with Crippen LogP contribution in [0.25, 0.3) is 0 Å². The van der Waals surface area contributed by atoms with Gasteiger partial charge >= 0.3 is 5.97 Å². The number of rotatable bonds is 8. The molecule has 2 atom stereocenters. The number of esters is 1. The Bertz CT molecular complexity index is 809. The van der Waals surface area contributed by atoms with Crippen LogP contribution in [0, 0.1) is 0 Å². The van der Waals surface area contributed by atoms with Crippen molar-refractivity contribution in [2.24, 2.45) is 0 Å². The third kappa shape index (κ3) is 4.45. The average Bonchev–Trinajstić information content (AvgIpc) is 2.94.